The van der Waals surface area contributed by atoms with Crippen molar-refractivity contribution in [2.24, 2.45) is 0 Å². The summed E-state index contributed by atoms with van der Waals surface area (Å²) in [4.78, 5) is 13.6. The highest BCUT2D eigenvalue weighted by Gasteiger charge is 2.33. The van der Waals surface area contributed by atoms with Crippen LogP contribution in [0.1, 0.15) is 49.7 Å². The molecule has 1 unspecified atom stereocenters. The SMILES string of the molecule is C=CC(=O)OCCCCCC(N1CCCC1)S(=O)(=O)c1ccc(/C=C/c2ccccc2)cc1. The van der Waals surface area contributed by atoms with Gasteiger partial charge in [-0.1, -0.05) is 67.6 Å². The van der Waals surface area contributed by atoms with Gasteiger partial charge in [-0.05, 0) is 68.5 Å². The molecule has 1 heterocycles. The highest BCUT2D eigenvalue weighted by atomic mass is 32.2. The zero-order valence-corrected chi connectivity index (χ0v) is 19.9. The molecule has 0 amide bonds. The minimum atomic E-state index is -3.48. The number of hydrogen-bond donors (Lipinski definition) is 0. The fourth-order valence-corrected chi connectivity index (χ4v) is 5.99. The number of ether oxygens (including phenoxy) is 1. The predicted molar refractivity (Wildman–Crippen MR) is 133 cm³/mol. The maximum absolute atomic E-state index is 13.5. The van der Waals surface area contributed by atoms with Gasteiger partial charge < -0.3 is 4.74 Å². The van der Waals surface area contributed by atoms with E-state index in [-0.39, 0.29) is 0 Å². The number of carbonyl (C=O) groups excluding carboxylic acids is 1. The van der Waals surface area contributed by atoms with E-state index in [4.69, 9.17) is 4.74 Å². The zero-order valence-electron chi connectivity index (χ0n) is 19.1. The van der Waals surface area contributed by atoms with Crippen LogP contribution in [-0.2, 0) is 19.4 Å². The third-order valence-corrected chi connectivity index (χ3v) is 8.07. The summed E-state index contributed by atoms with van der Waals surface area (Å²) in [7, 11) is -3.48. The van der Waals surface area contributed by atoms with E-state index in [1.165, 1.54) is 0 Å². The Morgan fingerprint density at radius 2 is 1.58 bits per heavy atom. The van der Waals surface area contributed by atoms with Crippen molar-refractivity contribution in [1.29, 1.82) is 0 Å². The molecule has 1 aliphatic rings. The number of likely N-dealkylation sites (tertiary alicyclic amines) is 1. The number of benzene rings is 2. The Balaban J connectivity index is 1.63. The monoisotopic (exact) mass is 467 g/mol. The molecule has 1 aliphatic heterocycles. The maximum Gasteiger partial charge on any atom is 0.330 e. The van der Waals surface area contributed by atoms with E-state index in [9.17, 15) is 13.2 Å². The lowest BCUT2D eigenvalue weighted by molar-refractivity contribution is -0.137. The van der Waals surface area contributed by atoms with Crippen molar-refractivity contribution in [1.82, 2.24) is 4.90 Å². The van der Waals surface area contributed by atoms with Crippen LogP contribution in [0.15, 0.2) is 72.1 Å². The van der Waals surface area contributed by atoms with Gasteiger partial charge in [0.1, 0.15) is 5.37 Å². The number of unbranched alkanes of at least 4 members (excludes halogenated alkanes) is 2. The van der Waals surface area contributed by atoms with E-state index in [2.05, 4.69) is 11.5 Å². The Morgan fingerprint density at radius 3 is 2.21 bits per heavy atom. The summed E-state index contributed by atoms with van der Waals surface area (Å²) < 4.78 is 32.0. The lowest BCUT2D eigenvalue weighted by Crippen LogP contribution is -2.39. The van der Waals surface area contributed by atoms with Crippen molar-refractivity contribution in [2.45, 2.75) is 48.8 Å². The number of esters is 1. The van der Waals surface area contributed by atoms with Crippen LogP contribution in [0.25, 0.3) is 12.2 Å². The molecule has 0 aromatic heterocycles. The number of rotatable bonds is 12. The molecule has 176 valence electrons. The third-order valence-electron chi connectivity index (χ3n) is 5.89. The minimum Gasteiger partial charge on any atom is -0.463 e. The second kappa shape index (κ2) is 12.5. The summed E-state index contributed by atoms with van der Waals surface area (Å²) in [6, 6.07) is 17.2. The van der Waals surface area contributed by atoms with Gasteiger partial charge in [0.15, 0.2) is 9.84 Å². The Morgan fingerprint density at radius 1 is 0.939 bits per heavy atom. The molecule has 0 saturated carbocycles. The first kappa shape index (κ1) is 24.9. The average Bonchev–Trinajstić information content (AvgIpc) is 3.37. The van der Waals surface area contributed by atoms with E-state index in [1.54, 1.807) is 12.1 Å². The average molecular weight is 468 g/mol. The summed E-state index contributed by atoms with van der Waals surface area (Å²) in [5, 5.41) is -0.513. The highest BCUT2D eigenvalue weighted by Crippen LogP contribution is 2.27. The second-order valence-corrected chi connectivity index (χ2v) is 10.4. The molecule has 3 rings (SSSR count). The van der Waals surface area contributed by atoms with Gasteiger partial charge in [-0.2, -0.15) is 0 Å². The Bertz CT molecular complexity index is 1020. The van der Waals surface area contributed by atoms with Crippen molar-refractivity contribution >= 4 is 28.0 Å². The van der Waals surface area contributed by atoms with Gasteiger partial charge in [-0.3, -0.25) is 4.90 Å². The molecular weight excluding hydrogens is 434 g/mol. The number of sulfone groups is 1. The maximum atomic E-state index is 13.5. The first-order valence-corrected chi connectivity index (χ1v) is 13.2. The summed E-state index contributed by atoms with van der Waals surface area (Å²) in [6.07, 6.45) is 10.1. The lowest BCUT2D eigenvalue weighted by atomic mass is 10.1. The molecule has 0 aliphatic carbocycles. The first-order chi connectivity index (χ1) is 16.0. The standard InChI is InChI=1S/C27H33NO4S/c1-2-27(29)32-22-10-4-7-13-26(28-20-8-9-21-28)33(30,31)25-18-16-24(17-19-25)15-14-23-11-5-3-6-12-23/h2-3,5-6,11-12,14-19,26H,1,4,7-10,13,20-22H2/b15-14+. The largest absolute Gasteiger partial charge is 0.463 e. The molecule has 2 aromatic rings. The normalized spacial score (nSPS) is 15.5. The Labute approximate surface area is 197 Å². The van der Waals surface area contributed by atoms with Crippen LogP contribution in [0.5, 0.6) is 0 Å². The van der Waals surface area contributed by atoms with E-state index < -0.39 is 21.2 Å². The Kier molecular flexibility index (Phi) is 9.46. The summed E-state index contributed by atoms with van der Waals surface area (Å²) in [5.74, 6) is -0.422. The second-order valence-electron chi connectivity index (χ2n) is 8.28. The molecule has 1 atom stereocenters. The highest BCUT2D eigenvalue weighted by molar-refractivity contribution is 7.92. The van der Waals surface area contributed by atoms with Crippen LogP contribution < -0.4 is 0 Å². The van der Waals surface area contributed by atoms with Crippen LogP contribution in [0.2, 0.25) is 0 Å². The van der Waals surface area contributed by atoms with Crippen LogP contribution in [-0.4, -0.2) is 44.4 Å². The van der Waals surface area contributed by atoms with Crippen molar-refractivity contribution in [3.8, 4) is 0 Å². The lowest BCUT2D eigenvalue weighted by Gasteiger charge is -2.27. The molecule has 6 heteroatoms. The molecule has 2 aromatic carbocycles. The van der Waals surface area contributed by atoms with Gasteiger partial charge in [0, 0.05) is 6.08 Å². The number of carbonyl (C=O) groups is 1. The molecule has 0 N–H and O–H groups in total. The van der Waals surface area contributed by atoms with E-state index in [0.717, 1.165) is 62.4 Å². The molecule has 0 spiro atoms. The van der Waals surface area contributed by atoms with Crippen molar-refractivity contribution in [3.05, 3.63) is 78.4 Å². The quantitative estimate of drug-likeness (QED) is 0.182. The molecule has 0 radical (unpaired) electrons. The van der Waals surface area contributed by atoms with Gasteiger partial charge in [-0.25, -0.2) is 13.2 Å². The third kappa shape index (κ3) is 7.41. The van der Waals surface area contributed by atoms with Gasteiger partial charge >= 0.3 is 5.97 Å². The smallest absolute Gasteiger partial charge is 0.330 e. The molecule has 1 fully saturated rings. The van der Waals surface area contributed by atoms with E-state index >= 15 is 0 Å². The van der Waals surface area contributed by atoms with Gasteiger partial charge in [-0.15, -0.1) is 0 Å². The summed E-state index contributed by atoms with van der Waals surface area (Å²) in [5.41, 5.74) is 2.06. The van der Waals surface area contributed by atoms with Gasteiger partial charge in [0.25, 0.3) is 0 Å². The number of hydrogen-bond acceptors (Lipinski definition) is 5. The van der Waals surface area contributed by atoms with E-state index in [0.29, 0.717) is 17.9 Å². The van der Waals surface area contributed by atoms with Crippen LogP contribution in [0, 0.1) is 0 Å². The van der Waals surface area contributed by atoms with Crippen molar-refractivity contribution in [3.63, 3.8) is 0 Å². The summed E-state index contributed by atoms with van der Waals surface area (Å²) >= 11 is 0. The van der Waals surface area contributed by atoms with Crippen LogP contribution >= 0.6 is 0 Å². The van der Waals surface area contributed by atoms with Gasteiger partial charge in [0.05, 0.1) is 11.5 Å². The Hall–Kier alpha value is -2.70. The van der Waals surface area contributed by atoms with Crippen molar-refractivity contribution < 1.29 is 17.9 Å². The molecule has 1 saturated heterocycles. The van der Waals surface area contributed by atoms with Crippen LogP contribution in [0.3, 0.4) is 0 Å². The molecule has 5 nitrogen and oxygen atoms in total. The van der Waals surface area contributed by atoms with E-state index in [1.807, 2.05) is 54.6 Å². The molecular formula is C27H33NO4S. The number of nitrogens with zero attached hydrogens (tertiary/aromatic N) is 1. The molecule has 0 bridgehead atoms. The van der Waals surface area contributed by atoms with Gasteiger partial charge in [0.2, 0.25) is 0 Å². The summed E-state index contributed by atoms with van der Waals surface area (Å²) in [6.45, 7) is 5.35. The molecule has 33 heavy (non-hydrogen) atoms. The fraction of sp³-hybridized carbons (Fsp3) is 0.370. The first-order valence-electron chi connectivity index (χ1n) is 11.6. The topological polar surface area (TPSA) is 63.7 Å². The van der Waals surface area contributed by atoms with Crippen LogP contribution in [0.4, 0.5) is 0 Å². The fourth-order valence-electron chi connectivity index (χ4n) is 4.08. The zero-order chi connectivity index (χ0) is 23.5. The minimum absolute atomic E-state index is 0.337. The van der Waals surface area contributed by atoms with Crippen molar-refractivity contribution in [2.75, 3.05) is 19.7 Å². The predicted octanol–water partition coefficient (Wildman–Crippen LogP) is 5.34.